The lowest BCUT2D eigenvalue weighted by atomic mass is 10.1. The van der Waals surface area contributed by atoms with Crippen molar-refractivity contribution in [1.82, 2.24) is 5.32 Å². The minimum absolute atomic E-state index is 0.168. The summed E-state index contributed by atoms with van der Waals surface area (Å²) in [6.07, 6.45) is 1.00. The van der Waals surface area contributed by atoms with E-state index in [0.717, 1.165) is 5.56 Å². The topological polar surface area (TPSA) is 92.4 Å². The van der Waals surface area contributed by atoms with E-state index in [-0.39, 0.29) is 11.7 Å². The SMILES string of the molecule is C[C@@H](C=O)NC(=O)[C@H](N)Cc1ccc(O)cc1. The van der Waals surface area contributed by atoms with Crippen molar-refractivity contribution in [3.05, 3.63) is 29.8 Å². The maximum absolute atomic E-state index is 11.5. The van der Waals surface area contributed by atoms with Gasteiger partial charge in [0.1, 0.15) is 12.0 Å². The first-order valence-electron chi connectivity index (χ1n) is 5.32. The van der Waals surface area contributed by atoms with Gasteiger partial charge in [-0.05, 0) is 31.0 Å². The second kappa shape index (κ2) is 6.00. The number of phenols is 1. The zero-order valence-corrected chi connectivity index (χ0v) is 9.59. The van der Waals surface area contributed by atoms with E-state index in [1.54, 1.807) is 19.1 Å². The highest BCUT2D eigenvalue weighted by Gasteiger charge is 2.15. The van der Waals surface area contributed by atoms with Gasteiger partial charge in [-0.3, -0.25) is 4.79 Å². The van der Waals surface area contributed by atoms with Gasteiger partial charge in [0.2, 0.25) is 5.91 Å². The molecule has 0 radical (unpaired) electrons. The van der Waals surface area contributed by atoms with Crippen molar-refractivity contribution in [2.45, 2.75) is 25.4 Å². The summed E-state index contributed by atoms with van der Waals surface area (Å²) in [7, 11) is 0. The molecule has 0 saturated carbocycles. The third-order valence-electron chi connectivity index (χ3n) is 2.30. The molecule has 0 spiro atoms. The Morgan fingerprint density at radius 3 is 2.59 bits per heavy atom. The van der Waals surface area contributed by atoms with Crippen molar-refractivity contribution in [3.8, 4) is 5.75 Å². The number of hydrogen-bond donors (Lipinski definition) is 3. The fraction of sp³-hybridized carbons (Fsp3) is 0.333. The van der Waals surface area contributed by atoms with E-state index in [1.807, 2.05) is 0 Å². The molecule has 92 valence electrons. The summed E-state index contributed by atoms with van der Waals surface area (Å²) in [5.74, 6) is -0.195. The Hall–Kier alpha value is -1.88. The summed E-state index contributed by atoms with van der Waals surface area (Å²) < 4.78 is 0. The Kier molecular flexibility index (Phi) is 4.66. The molecule has 1 aromatic rings. The molecule has 0 aliphatic heterocycles. The van der Waals surface area contributed by atoms with Gasteiger partial charge in [0, 0.05) is 0 Å². The van der Waals surface area contributed by atoms with Gasteiger partial charge in [-0.2, -0.15) is 0 Å². The van der Waals surface area contributed by atoms with Crippen molar-refractivity contribution in [2.24, 2.45) is 5.73 Å². The number of carbonyl (C=O) groups excluding carboxylic acids is 2. The minimum Gasteiger partial charge on any atom is -0.508 e. The molecule has 2 atom stereocenters. The number of aldehydes is 1. The van der Waals surface area contributed by atoms with Crippen LogP contribution in [0.2, 0.25) is 0 Å². The first-order valence-corrected chi connectivity index (χ1v) is 5.32. The first-order chi connectivity index (χ1) is 8.02. The van der Waals surface area contributed by atoms with Crippen LogP contribution in [0.1, 0.15) is 12.5 Å². The number of nitrogens with one attached hydrogen (secondary N) is 1. The molecule has 17 heavy (non-hydrogen) atoms. The lowest BCUT2D eigenvalue weighted by Gasteiger charge is -2.13. The van der Waals surface area contributed by atoms with Crippen LogP contribution in [0.3, 0.4) is 0 Å². The quantitative estimate of drug-likeness (QED) is 0.626. The van der Waals surface area contributed by atoms with Crippen LogP contribution in [-0.2, 0) is 16.0 Å². The average Bonchev–Trinajstić information content (AvgIpc) is 2.31. The van der Waals surface area contributed by atoms with E-state index in [0.29, 0.717) is 12.7 Å². The predicted molar refractivity (Wildman–Crippen MR) is 63.5 cm³/mol. The highest BCUT2D eigenvalue weighted by Crippen LogP contribution is 2.10. The number of rotatable bonds is 5. The van der Waals surface area contributed by atoms with E-state index in [2.05, 4.69) is 5.32 Å². The van der Waals surface area contributed by atoms with Gasteiger partial charge in [0.15, 0.2) is 0 Å². The standard InChI is InChI=1S/C12H16N2O3/c1-8(7-15)14-12(17)11(13)6-9-2-4-10(16)5-3-9/h2-5,7-8,11,16H,6,13H2,1H3,(H,14,17)/t8-,11+/m0/s1. The summed E-state index contributed by atoms with van der Waals surface area (Å²) >= 11 is 0. The smallest absolute Gasteiger partial charge is 0.237 e. The third-order valence-corrected chi connectivity index (χ3v) is 2.30. The number of nitrogens with two attached hydrogens (primary N) is 1. The number of phenolic OH excluding ortho intramolecular Hbond substituents is 1. The van der Waals surface area contributed by atoms with Gasteiger partial charge >= 0.3 is 0 Å². The Balaban J connectivity index is 2.53. The minimum atomic E-state index is -0.707. The average molecular weight is 236 g/mol. The molecule has 1 aromatic carbocycles. The summed E-state index contributed by atoms with van der Waals surface area (Å²) in [4.78, 5) is 21.9. The van der Waals surface area contributed by atoms with Gasteiger partial charge in [-0.1, -0.05) is 12.1 Å². The highest BCUT2D eigenvalue weighted by atomic mass is 16.3. The zero-order chi connectivity index (χ0) is 12.8. The van der Waals surface area contributed by atoms with Crippen LogP contribution >= 0.6 is 0 Å². The van der Waals surface area contributed by atoms with E-state index in [9.17, 15) is 9.59 Å². The van der Waals surface area contributed by atoms with E-state index < -0.39 is 12.1 Å². The molecule has 5 heteroatoms. The zero-order valence-electron chi connectivity index (χ0n) is 9.59. The number of carbonyl (C=O) groups is 2. The highest BCUT2D eigenvalue weighted by molar-refractivity contribution is 5.84. The molecule has 0 heterocycles. The Labute approximate surface area is 99.6 Å². The maximum atomic E-state index is 11.5. The summed E-state index contributed by atoms with van der Waals surface area (Å²) in [6.45, 7) is 1.58. The second-order valence-electron chi connectivity index (χ2n) is 3.91. The van der Waals surface area contributed by atoms with Crippen LogP contribution in [0.15, 0.2) is 24.3 Å². The van der Waals surface area contributed by atoms with Crippen LogP contribution < -0.4 is 11.1 Å². The van der Waals surface area contributed by atoms with Crippen LogP contribution in [0.4, 0.5) is 0 Å². The molecule has 0 unspecified atom stereocenters. The molecular formula is C12H16N2O3. The van der Waals surface area contributed by atoms with Crippen LogP contribution in [-0.4, -0.2) is 29.4 Å². The van der Waals surface area contributed by atoms with Gasteiger partial charge in [-0.25, -0.2) is 0 Å². The molecule has 1 amide bonds. The van der Waals surface area contributed by atoms with Gasteiger partial charge in [0.25, 0.3) is 0 Å². The summed E-state index contributed by atoms with van der Waals surface area (Å²) in [5.41, 5.74) is 6.55. The van der Waals surface area contributed by atoms with Crippen LogP contribution in [0.25, 0.3) is 0 Å². The maximum Gasteiger partial charge on any atom is 0.237 e. The Morgan fingerprint density at radius 2 is 2.06 bits per heavy atom. The van der Waals surface area contributed by atoms with E-state index in [4.69, 9.17) is 10.8 Å². The monoisotopic (exact) mass is 236 g/mol. The lowest BCUT2D eigenvalue weighted by molar-refractivity contribution is -0.124. The predicted octanol–water partition coefficient (Wildman–Crippen LogP) is -0.0344. The van der Waals surface area contributed by atoms with Crippen molar-refractivity contribution in [3.63, 3.8) is 0 Å². The molecule has 0 bridgehead atoms. The molecule has 0 saturated heterocycles. The molecule has 0 aliphatic carbocycles. The molecule has 4 N–H and O–H groups in total. The fourth-order valence-corrected chi connectivity index (χ4v) is 1.34. The number of benzene rings is 1. The summed E-state index contributed by atoms with van der Waals surface area (Å²) in [6, 6.07) is 5.23. The van der Waals surface area contributed by atoms with Crippen molar-refractivity contribution in [1.29, 1.82) is 0 Å². The van der Waals surface area contributed by atoms with Crippen LogP contribution in [0, 0.1) is 0 Å². The molecule has 1 rings (SSSR count). The largest absolute Gasteiger partial charge is 0.508 e. The van der Waals surface area contributed by atoms with Gasteiger partial charge in [-0.15, -0.1) is 0 Å². The van der Waals surface area contributed by atoms with E-state index in [1.165, 1.54) is 12.1 Å². The van der Waals surface area contributed by atoms with E-state index >= 15 is 0 Å². The molecule has 0 fully saturated rings. The number of amides is 1. The molecule has 5 nitrogen and oxygen atoms in total. The third kappa shape index (κ3) is 4.24. The summed E-state index contributed by atoms with van der Waals surface area (Å²) in [5, 5.41) is 11.6. The van der Waals surface area contributed by atoms with Gasteiger partial charge in [0.05, 0.1) is 12.1 Å². The molecule has 0 aromatic heterocycles. The normalized spacial score (nSPS) is 13.8. The number of aromatic hydroxyl groups is 1. The first kappa shape index (κ1) is 13.2. The van der Waals surface area contributed by atoms with Crippen LogP contribution in [0.5, 0.6) is 5.75 Å². The second-order valence-corrected chi connectivity index (χ2v) is 3.91. The molecular weight excluding hydrogens is 220 g/mol. The lowest BCUT2D eigenvalue weighted by Crippen LogP contribution is -2.46. The number of hydrogen-bond acceptors (Lipinski definition) is 4. The van der Waals surface area contributed by atoms with Gasteiger partial charge < -0.3 is 21.0 Å². The molecule has 0 aliphatic rings. The van der Waals surface area contributed by atoms with Crippen molar-refractivity contribution >= 4 is 12.2 Å². The van der Waals surface area contributed by atoms with Crippen molar-refractivity contribution in [2.75, 3.05) is 0 Å². The Bertz CT molecular complexity index is 389. The Morgan fingerprint density at radius 1 is 1.47 bits per heavy atom. The van der Waals surface area contributed by atoms with Crippen molar-refractivity contribution < 1.29 is 14.7 Å². The fourth-order valence-electron chi connectivity index (χ4n) is 1.34.